The summed E-state index contributed by atoms with van der Waals surface area (Å²) in [5.74, 6) is 1.65. The Morgan fingerprint density at radius 3 is 1.89 bits per heavy atom. The van der Waals surface area contributed by atoms with E-state index in [2.05, 4.69) is 24.5 Å². The fourth-order valence-electron chi connectivity index (χ4n) is 5.03. The van der Waals surface area contributed by atoms with Crippen molar-refractivity contribution in [3.63, 3.8) is 0 Å². The Bertz CT molecular complexity index is 346. The van der Waals surface area contributed by atoms with Gasteiger partial charge in [-0.25, -0.2) is 0 Å². The molecular formula is C25H50N2O. The van der Waals surface area contributed by atoms with Gasteiger partial charge in [-0.05, 0) is 50.4 Å². The number of hydrogen-bond donors (Lipinski definition) is 2. The molecule has 1 aliphatic carbocycles. The van der Waals surface area contributed by atoms with Gasteiger partial charge in [0.2, 0.25) is 0 Å². The third-order valence-electron chi connectivity index (χ3n) is 7.01. The van der Waals surface area contributed by atoms with Crippen molar-refractivity contribution in [2.45, 2.75) is 129 Å². The van der Waals surface area contributed by atoms with Gasteiger partial charge in [0.1, 0.15) is 0 Å². The van der Waals surface area contributed by atoms with Crippen LogP contribution in [-0.4, -0.2) is 32.0 Å². The zero-order valence-corrected chi connectivity index (χ0v) is 19.2. The highest BCUT2D eigenvalue weighted by molar-refractivity contribution is 4.85. The fourth-order valence-corrected chi connectivity index (χ4v) is 5.03. The second kappa shape index (κ2) is 15.7. The minimum absolute atomic E-state index is 0.534. The van der Waals surface area contributed by atoms with Gasteiger partial charge in [0.15, 0.2) is 0 Å². The number of unbranched alkanes of at least 4 members (excludes halogenated alkanes) is 9. The number of rotatable bonds is 15. The van der Waals surface area contributed by atoms with Crippen molar-refractivity contribution >= 4 is 0 Å². The molecule has 0 spiro atoms. The van der Waals surface area contributed by atoms with Crippen molar-refractivity contribution < 1.29 is 4.74 Å². The molecule has 2 N–H and O–H groups in total. The molecule has 3 heteroatoms. The van der Waals surface area contributed by atoms with Crippen LogP contribution in [0.2, 0.25) is 0 Å². The smallest absolute Gasteiger partial charge is 0.0600 e. The van der Waals surface area contributed by atoms with Gasteiger partial charge in [-0.15, -0.1) is 0 Å². The Kier molecular flexibility index (Phi) is 13.5. The monoisotopic (exact) mass is 394 g/mol. The average molecular weight is 395 g/mol. The summed E-state index contributed by atoms with van der Waals surface area (Å²) in [5, 5.41) is 7.67. The molecule has 0 aromatic heterocycles. The van der Waals surface area contributed by atoms with Crippen LogP contribution in [0.3, 0.4) is 0 Å². The van der Waals surface area contributed by atoms with E-state index in [1.54, 1.807) is 0 Å². The summed E-state index contributed by atoms with van der Waals surface area (Å²) in [4.78, 5) is 0. The quantitative estimate of drug-likeness (QED) is 0.314. The molecule has 0 bridgehead atoms. The first-order valence-corrected chi connectivity index (χ1v) is 12.9. The molecule has 0 amide bonds. The van der Waals surface area contributed by atoms with Crippen molar-refractivity contribution in [2.24, 2.45) is 11.8 Å². The van der Waals surface area contributed by atoms with Gasteiger partial charge in [0.05, 0.1) is 12.3 Å². The van der Waals surface area contributed by atoms with Gasteiger partial charge in [-0.2, -0.15) is 0 Å². The second-order valence-corrected chi connectivity index (χ2v) is 9.54. The van der Waals surface area contributed by atoms with Crippen LogP contribution in [0, 0.1) is 11.8 Å². The summed E-state index contributed by atoms with van der Waals surface area (Å²) < 4.78 is 6.13. The summed E-state index contributed by atoms with van der Waals surface area (Å²) in [7, 11) is 0. The molecule has 1 heterocycles. The van der Waals surface area contributed by atoms with E-state index >= 15 is 0 Å². The van der Waals surface area contributed by atoms with Crippen LogP contribution in [0.25, 0.3) is 0 Å². The largest absolute Gasteiger partial charge is 0.378 e. The third kappa shape index (κ3) is 10.1. The first-order chi connectivity index (χ1) is 13.8. The minimum Gasteiger partial charge on any atom is -0.378 e. The van der Waals surface area contributed by atoms with E-state index < -0.39 is 0 Å². The van der Waals surface area contributed by atoms with Crippen LogP contribution in [-0.2, 0) is 4.74 Å². The minimum atomic E-state index is 0.534. The van der Waals surface area contributed by atoms with Gasteiger partial charge in [0, 0.05) is 19.7 Å². The highest BCUT2D eigenvalue weighted by Gasteiger charge is 2.30. The lowest BCUT2D eigenvalue weighted by molar-refractivity contribution is 0.00850. The molecule has 2 rings (SSSR count). The molecule has 0 unspecified atom stereocenters. The van der Waals surface area contributed by atoms with E-state index in [9.17, 15) is 0 Å². The lowest BCUT2D eigenvalue weighted by atomic mass is 9.84. The van der Waals surface area contributed by atoms with Crippen LogP contribution in [0.15, 0.2) is 0 Å². The Hall–Kier alpha value is -0.120. The van der Waals surface area contributed by atoms with Crippen molar-refractivity contribution in [1.29, 1.82) is 0 Å². The Labute approximate surface area is 176 Å². The maximum absolute atomic E-state index is 6.13. The maximum Gasteiger partial charge on any atom is 0.0600 e. The average Bonchev–Trinajstić information content (AvgIpc) is 2.74. The maximum atomic E-state index is 6.13. The predicted octanol–water partition coefficient (Wildman–Crippen LogP) is 6.42. The van der Waals surface area contributed by atoms with Crippen LogP contribution in [0.4, 0.5) is 0 Å². The zero-order valence-electron chi connectivity index (χ0n) is 19.2. The molecule has 1 aliphatic heterocycles. The fraction of sp³-hybridized carbons (Fsp3) is 1.00. The normalized spacial score (nSPS) is 28.5. The molecule has 3 nitrogen and oxygen atoms in total. The van der Waals surface area contributed by atoms with Gasteiger partial charge in [-0.3, -0.25) is 0 Å². The summed E-state index contributed by atoms with van der Waals surface area (Å²) in [6, 6.07) is 0. The van der Waals surface area contributed by atoms with Gasteiger partial charge in [-0.1, -0.05) is 78.1 Å². The van der Waals surface area contributed by atoms with Crippen molar-refractivity contribution in [3.05, 3.63) is 0 Å². The highest BCUT2D eigenvalue weighted by Crippen LogP contribution is 2.29. The Morgan fingerprint density at radius 2 is 1.25 bits per heavy atom. The summed E-state index contributed by atoms with van der Waals surface area (Å²) in [6.45, 7) is 8.00. The van der Waals surface area contributed by atoms with Crippen molar-refractivity contribution in [1.82, 2.24) is 10.6 Å². The zero-order chi connectivity index (χ0) is 19.9. The standard InChI is InChI=1S/C25H50N2O/c1-3-5-7-9-10-11-12-14-22-20-26-25(27-21-22)23-15-17-24(18-16-23)28-19-13-8-6-4-2/h22-27H,3-21H2,1-2H3. The number of ether oxygens (including phenoxy) is 1. The van der Waals surface area contributed by atoms with Crippen LogP contribution < -0.4 is 10.6 Å². The van der Waals surface area contributed by atoms with E-state index in [1.807, 2.05) is 0 Å². The first kappa shape index (κ1) is 24.2. The molecule has 0 atom stereocenters. The molecule has 1 saturated heterocycles. The second-order valence-electron chi connectivity index (χ2n) is 9.54. The number of nitrogens with one attached hydrogen (secondary N) is 2. The SMILES string of the molecule is CCCCCCCCCC1CNC(C2CCC(OCCCCCC)CC2)NC1. The van der Waals surface area contributed by atoms with E-state index in [1.165, 1.54) is 116 Å². The van der Waals surface area contributed by atoms with Gasteiger partial charge < -0.3 is 15.4 Å². The molecule has 0 aromatic rings. The van der Waals surface area contributed by atoms with Crippen LogP contribution in [0.5, 0.6) is 0 Å². The van der Waals surface area contributed by atoms with Gasteiger partial charge >= 0.3 is 0 Å². The third-order valence-corrected chi connectivity index (χ3v) is 7.01. The Balaban J connectivity index is 1.46. The molecule has 2 aliphatic rings. The molecule has 1 saturated carbocycles. The Morgan fingerprint density at radius 1 is 0.679 bits per heavy atom. The molecule has 0 aromatic carbocycles. The van der Waals surface area contributed by atoms with Crippen LogP contribution in [0.1, 0.15) is 117 Å². The predicted molar refractivity (Wildman–Crippen MR) is 122 cm³/mol. The highest BCUT2D eigenvalue weighted by atomic mass is 16.5. The topological polar surface area (TPSA) is 33.3 Å². The molecule has 28 heavy (non-hydrogen) atoms. The van der Waals surface area contributed by atoms with Crippen LogP contribution >= 0.6 is 0 Å². The van der Waals surface area contributed by atoms with E-state index in [4.69, 9.17) is 4.74 Å². The lowest BCUT2D eigenvalue weighted by Crippen LogP contribution is -2.56. The lowest BCUT2D eigenvalue weighted by Gasteiger charge is -2.39. The van der Waals surface area contributed by atoms with E-state index in [0.717, 1.165) is 18.4 Å². The van der Waals surface area contributed by atoms with Gasteiger partial charge in [0.25, 0.3) is 0 Å². The number of hydrogen-bond acceptors (Lipinski definition) is 3. The summed E-state index contributed by atoms with van der Waals surface area (Å²) in [6.07, 6.45) is 22.9. The first-order valence-electron chi connectivity index (χ1n) is 12.9. The van der Waals surface area contributed by atoms with E-state index in [0.29, 0.717) is 12.3 Å². The van der Waals surface area contributed by atoms with Crippen molar-refractivity contribution in [2.75, 3.05) is 19.7 Å². The van der Waals surface area contributed by atoms with Crippen molar-refractivity contribution in [3.8, 4) is 0 Å². The molecule has 0 radical (unpaired) electrons. The molecular weight excluding hydrogens is 344 g/mol. The summed E-state index contributed by atoms with van der Waals surface area (Å²) >= 11 is 0. The summed E-state index contributed by atoms with van der Waals surface area (Å²) in [5.41, 5.74) is 0. The molecule has 166 valence electrons. The van der Waals surface area contributed by atoms with E-state index in [-0.39, 0.29) is 0 Å². The molecule has 2 fully saturated rings.